The Balaban J connectivity index is 2.56. The zero-order chi connectivity index (χ0) is 13.8. The number of hydrogen-bond acceptors (Lipinski definition) is 4. The monoisotopic (exact) mass is 258 g/mol. The average molecular weight is 258 g/mol. The molecule has 1 fully saturated rings. The van der Waals surface area contributed by atoms with E-state index in [0.717, 1.165) is 12.8 Å². The molecule has 5 nitrogen and oxygen atoms in total. The van der Waals surface area contributed by atoms with E-state index in [4.69, 9.17) is 15.2 Å². The summed E-state index contributed by atoms with van der Waals surface area (Å²) in [6.07, 6.45) is 0.999. The Labute approximate surface area is 109 Å². The Bertz CT molecular complexity index is 280. The first-order valence-electron chi connectivity index (χ1n) is 6.56. The van der Waals surface area contributed by atoms with Crippen molar-refractivity contribution in [3.8, 4) is 0 Å². The van der Waals surface area contributed by atoms with Gasteiger partial charge in [0.15, 0.2) is 0 Å². The summed E-state index contributed by atoms with van der Waals surface area (Å²) < 4.78 is 11.2. The van der Waals surface area contributed by atoms with Gasteiger partial charge in [0.05, 0.1) is 5.60 Å². The standard InChI is InChI=1S/C13H26N2O3/c1-10(11(16)15-12(2,3)4)18-13(9-14)5-7-17-8-6-13/h10H,5-9,14H2,1-4H3,(H,15,16). The molecule has 0 aromatic rings. The largest absolute Gasteiger partial charge is 0.381 e. The number of hydrogen-bond donors (Lipinski definition) is 2. The molecule has 0 aromatic carbocycles. The van der Waals surface area contributed by atoms with Crippen LogP contribution in [-0.4, -0.2) is 42.9 Å². The van der Waals surface area contributed by atoms with Gasteiger partial charge in [-0.15, -0.1) is 0 Å². The van der Waals surface area contributed by atoms with Crippen LogP contribution in [0.2, 0.25) is 0 Å². The van der Waals surface area contributed by atoms with Gasteiger partial charge in [-0.2, -0.15) is 0 Å². The topological polar surface area (TPSA) is 73.6 Å². The predicted octanol–water partition coefficient (Wildman–Crippen LogP) is 0.814. The van der Waals surface area contributed by atoms with Gasteiger partial charge >= 0.3 is 0 Å². The fourth-order valence-corrected chi connectivity index (χ4v) is 2.01. The first-order chi connectivity index (χ1) is 8.28. The Kier molecular flexibility index (Phi) is 5.13. The Morgan fingerprint density at radius 3 is 2.44 bits per heavy atom. The molecule has 0 radical (unpaired) electrons. The van der Waals surface area contributed by atoms with Crippen molar-refractivity contribution in [2.24, 2.45) is 5.73 Å². The van der Waals surface area contributed by atoms with Crippen molar-refractivity contribution >= 4 is 5.91 Å². The highest BCUT2D eigenvalue weighted by Gasteiger charge is 2.35. The number of rotatable bonds is 4. The molecule has 1 amide bonds. The van der Waals surface area contributed by atoms with Gasteiger partial charge in [-0.1, -0.05) is 0 Å². The zero-order valence-electron chi connectivity index (χ0n) is 11.9. The SMILES string of the molecule is CC(OC1(CN)CCOCC1)C(=O)NC(C)(C)C. The van der Waals surface area contributed by atoms with Crippen LogP contribution in [0.1, 0.15) is 40.5 Å². The van der Waals surface area contributed by atoms with Crippen LogP contribution in [-0.2, 0) is 14.3 Å². The van der Waals surface area contributed by atoms with Crippen molar-refractivity contribution in [1.29, 1.82) is 0 Å². The van der Waals surface area contributed by atoms with E-state index in [9.17, 15) is 4.79 Å². The van der Waals surface area contributed by atoms with Crippen LogP contribution in [0, 0.1) is 0 Å². The molecule has 0 aliphatic carbocycles. The molecule has 106 valence electrons. The maximum atomic E-state index is 12.0. The van der Waals surface area contributed by atoms with E-state index >= 15 is 0 Å². The molecule has 0 saturated carbocycles. The highest BCUT2D eigenvalue weighted by atomic mass is 16.5. The minimum absolute atomic E-state index is 0.0955. The Morgan fingerprint density at radius 2 is 2.00 bits per heavy atom. The molecule has 1 atom stereocenters. The molecule has 0 spiro atoms. The summed E-state index contributed by atoms with van der Waals surface area (Å²) >= 11 is 0. The quantitative estimate of drug-likeness (QED) is 0.783. The number of carbonyl (C=O) groups is 1. The van der Waals surface area contributed by atoms with Gasteiger partial charge in [0, 0.05) is 38.1 Å². The lowest BCUT2D eigenvalue weighted by Gasteiger charge is -2.38. The second-order valence-corrected chi connectivity index (χ2v) is 6.00. The molecule has 1 saturated heterocycles. The van der Waals surface area contributed by atoms with Gasteiger partial charge in [-0.25, -0.2) is 0 Å². The first kappa shape index (κ1) is 15.4. The molecule has 1 aliphatic heterocycles. The van der Waals surface area contributed by atoms with E-state index in [-0.39, 0.29) is 11.4 Å². The van der Waals surface area contributed by atoms with Gasteiger partial charge in [0.25, 0.3) is 0 Å². The number of ether oxygens (including phenoxy) is 2. The summed E-state index contributed by atoms with van der Waals surface area (Å²) in [4.78, 5) is 12.0. The van der Waals surface area contributed by atoms with Crippen LogP contribution in [0.5, 0.6) is 0 Å². The average Bonchev–Trinajstić information content (AvgIpc) is 2.28. The molecule has 3 N–H and O–H groups in total. The van der Waals surface area contributed by atoms with Crippen molar-refractivity contribution in [2.45, 2.75) is 57.8 Å². The van der Waals surface area contributed by atoms with Crippen LogP contribution in [0.25, 0.3) is 0 Å². The maximum Gasteiger partial charge on any atom is 0.249 e. The second-order valence-electron chi connectivity index (χ2n) is 6.00. The maximum absolute atomic E-state index is 12.0. The van der Waals surface area contributed by atoms with Gasteiger partial charge in [-0.05, 0) is 27.7 Å². The lowest BCUT2D eigenvalue weighted by atomic mass is 9.94. The number of nitrogens with two attached hydrogens (primary N) is 1. The Hall–Kier alpha value is -0.650. The van der Waals surface area contributed by atoms with Crippen LogP contribution in [0.4, 0.5) is 0 Å². The van der Waals surface area contributed by atoms with Crippen molar-refractivity contribution in [2.75, 3.05) is 19.8 Å². The summed E-state index contributed by atoms with van der Waals surface area (Å²) in [5, 5.41) is 2.91. The third-order valence-corrected chi connectivity index (χ3v) is 3.07. The van der Waals surface area contributed by atoms with E-state index < -0.39 is 11.7 Å². The Morgan fingerprint density at radius 1 is 1.44 bits per heavy atom. The molecule has 0 aromatic heterocycles. The third-order valence-electron chi connectivity index (χ3n) is 3.07. The predicted molar refractivity (Wildman–Crippen MR) is 70.3 cm³/mol. The number of carbonyl (C=O) groups excluding carboxylic acids is 1. The number of nitrogens with one attached hydrogen (secondary N) is 1. The molecule has 18 heavy (non-hydrogen) atoms. The van der Waals surface area contributed by atoms with Crippen LogP contribution >= 0.6 is 0 Å². The summed E-state index contributed by atoms with van der Waals surface area (Å²) in [6.45, 7) is 9.33. The van der Waals surface area contributed by atoms with Crippen LogP contribution in [0.15, 0.2) is 0 Å². The number of amides is 1. The highest BCUT2D eigenvalue weighted by Crippen LogP contribution is 2.25. The van der Waals surface area contributed by atoms with Crippen molar-refractivity contribution in [3.05, 3.63) is 0 Å². The minimum atomic E-state index is -0.495. The zero-order valence-corrected chi connectivity index (χ0v) is 11.9. The lowest BCUT2D eigenvalue weighted by Crippen LogP contribution is -2.52. The van der Waals surface area contributed by atoms with E-state index in [2.05, 4.69) is 5.32 Å². The van der Waals surface area contributed by atoms with Crippen LogP contribution in [0.3, 0.4) is 0 Å². The fraction of sp³-hybridized carbons (Fsp3) is 0.923. The van der Waals surface area contributed by atoms with E-state index in [1.807, 2.05) is 20.8 Å². The molecular weight excluding hydrogens is 232 g/mol. The van der Waals surface area contributed by atoms with E-state index in [1.165, 1.54) is 0 Å². The highest BCUT2D eigenvalue weighted by molar-refractivity contribution is 5.81. The third kappa shape index (κ3) is 4.55. The minimum Gasteiger partial charge on any atom is -0.381 e. The lowest BCUT2D eigenvalue weighted by molar-refractivity contribution is -0.159. The summed E-state index contributed by atoms with van der Waals surface area (Å²) in [5.74, 6) is -0.0955. The van der Waals surface area contributed by atoms with E-state index in [0.29, 0.717) is 19.8 Å². The van der Waals surface area contributed by atoms with Crippen LogP contribution < -0.4 is 11.1 Å². The van der Waals surface area contributed by atoms with Gasteiger partial charge in [-0.3, -0.25) is 4.79 Å². The molecule has 1 rings (SSSR count). The molecule has 1 aliphatic rings. The van der Waals surface area contributed by atoms with Gasteiger partial charge in [0.2, 0.25) is 5.91 Å². The molecular formula is C13H26N2O3. The normalized spacial score (nSPS) is 21.4. The van der Waals surface area contributed by atoms with Crippen molar-refractivity contribution in [3.63, 3.8) is 0 Å². The molecule has 1 heterocycles. The molecule has 1 unspecified atom stereocenters. The van der Waals surface area contributed by atoms with Gasteiger partial charge < -0.3 is 20.5 Å². The smallest absolute Gasteiger partial charge is 0.249 e. The van der Waals surface area contributed by atoms with Gasteiger partial charge in [0.1, 0.15) is 6.10 Å². The second kappa shape index (κ2) is 5.99. The summed E-state index contributed by atoms with van der Waals surface area (Å²) in [5.41, 5.74) is 5.14. The summed E-state index contributed by atoms with van der Waals surface area (Å²) in [7, 11) is 0. The van der Waals surface area contributed by atoms with Crippen molar-refractivity contribution in [1.82, 2.24) is 5.32 Å². The molecule has 5 heteroatoms. The fourth-order valence-electron chi connectivity index (χ4n) is 2.01. The first-order valence-corrected chi connectivity index (χ1v) is 6.56. The summed E-state index contributed by atoms with van der Waals surface area (Å²) in [6, 6.07) is 0. The molecule has 0 bridgehead atoms. The van der Waals surface area contributed by atoms with E-state index in [1.54, 1.807) is 6.92 Å². The van der Waals surface area contributed by atoms with Crippen molar-refractivity contribution < 1.29 is 14.3 Å².